The lowest BCUT2D eigenvalue weighted by molar-refractivity contribution is 0.0921. The minimum absolute atomic E-state index is 0.0653. The SMILES string of the molecule is O=C(NC1CCC(n2ncccc2=O)CC1)c1nc2ccccc2s1. The molecule has 1 N–H and O–H groups in total. The second-order valence-electron chi connectivity index (χ2n) is 6.27. The van der Waals surface area contributed by atoms with Crippen molar-refractivity contribution < 1.29 is 4.79 Å². The Hall–Kier alpha value is -2.54. The van der Waals surface area contributed by atoms with Crippen LogP contribution in [0, 0.1) is 0 Å². The molecule has 0 unspecified atom stereocenters. The number of hydrogen-bond acceptors (Lipinski definition) is 5. The molecule has 25 heavy (non-hydrogen) atoms. The van der Waals surface area contributed by atoms with Gasteiger partial charge in [-0.05, 0) is 43.9 Å². The Kier molecular flexibility index (Phi) is 4.31. The molecular formula is C18H18N4O2S. The number of nitrogens with one attached hydrogen (secondary N) is 1. The summed E-state index contributed by atoms with van der Waals surface area (Å²) in [6.07, 6.45) is 4.99. The summed E-state index contributed by atoms with van der Waals surface area (Å²) in [4.78, 5) is 28.7. The average molecular weight is 354 g/mol. The second-order valence-corrected chi connectivity index (χ2v) is 7.30. The van der Waals surface area contributed by atoms with Crippen LogP contribution in [-0.2, 0) is 0 Å². The molecule has 2 heterocycles. The van der Waals surface area contributed by atoms with Gasteiger partial charge in [-0.3, -0.25) is 9.59 Å². The molecule has 7 heteroatoms. The van der Waals surface area contributed by atoms with Crippen molar-refractivity contribution in [3.8, 4) is 0 Å². The molecule has 1 aromatic carbocycles. The summed E-state index contributed by atoms with van der Waals surface area (Å²) in [7, 11) is 0. The normalized spacial score (nSPS) is 20.5. The smallest absolute Gasteiger partial charge is 0.280 e. The van der Waals surface area contributed by atoms with E-state index in [1.165, 1.54) is 17.4 Å². The maximum Gasteiger partial charge on any atom is 0.280 e. The van der Waals surface area contributed by atoms with E-state index < -0.39 is 0 Å². The molecule has 1 aliphatic carbocycles. The second kappa shape index (κ2) is 6.76. The van der Waals surface area contributed by atoms with E-state index in [0.29, 0.717) is 5.01 Å². The largest absolute Gasteiger partial charge is 0.347 e. The van der Waals surface area contributed by atoms with Crippen LogP contribution in [-0.4, -0.2) is 26.7 Å². The Morgan fingerprint density at radius 2 is 1.92 bits per heavy atom. The van der Waals surface area contributed by atoms with Crippen LogP contribution in [0.1, 0.15) is 41.5 Å². The van der Waals surface area contributed by atoms with Gasteiger partial charge in [-0.2, -0.15) is 5.10 Å². The summed E-state index contributed by atoms with van der Waals surface area (Å²) >= 11 is 1.41. The summed E-state index contributed by atoms with van der Waals surface area (Å²) in [5, 5.41) is 7.76. The van der Waals surface area contributed by atoms with Crippen LogP contribution in [0.15, 0.2) is 47.4 Å². The van der Waals surface area contributed by atoms with E-state index in [4.69, 9.17) is 0 Å². The van der Waals surface area contributed by atoms with Gasteiger partial charge in [0.2, 0.25) is 0 Å². The topological polar surface area (TPSA) is 76.9 Å². The summed E-state index contributed by atoms with van der Waals surface area (Å²) in [6.45, 7) is 0. The van der Waals surface area contributed by atoms with Crippen molar-refractivity contribution in [1.82, 2.24) is 20.1 Å². The van der Waals surface area contributed by atoms with E-state index in [9.17, 15) is 9.59 Å². The van der Waals surface area contributed by atoms with Crippen LogP contribution in [0.5, 0.6) is 0 Å². The van der Waals surface area contributed by atoms with E-state index in [1.54, 1.807) is 16.9 Å². The minimum Gasteiger partial charge on any atom is -0.347 e. The third kappa shape index (κ3) is 3.32. The standard InChI is InChI=1S/C18H18N4O2S/c23-16-6-3-11-19-22(16)13-9-7-12(8-10-13)20-17(24)18-21-14-4-1-2-5-15(14)25-18/h1-6,11-13H,7-10H2,(H,20,24). The van der Waals surface area contributed by atoms with Gasteiger partial charge in [0, 0.05) is 18.3 Å². The zero-order valence-corrected chi connectivity index (χ0v) is 14.4. The Morgan fingerprint density at radius 3 is 2.68 bits per heavy atom. The lowest BCUT2D eigenvalue weighted by atomic mass is 9.91. The Morgan fingerprint density at radius 1 is 1.12 bits per heavy atom. The molecule has 1 aliphatic rings. The number of carbonyl (C=O) groups excluding carboxylic acids is 1. The van der Waals surface area contributed by atoms with Gasteiger partial charge in [0.1, 0.15) is 0 Å². The first kappa shape index (κ1) is 16.0. The quantitative estimate of drug-likeness (QED) is 0.785. The third-order valence-corrected chi connectivity index (χ3v) is 5.64. The number of nitrogens with zero attached hydrogens (tertiary/aromatic N) is 3. The predicted octanol–water partition coefficient (Wildman–Crippen LogP) is 2.77. The number of aromatic nitrogens is 3. The molecule has 1 saturated carbocycles. The van der Waals surface area contributed by atoms with Crippen LogP contribution in [0.3, 0.4) is 0 Å². The number of benzene rings is 1. The highest BCUT2D eigenvalue weighted by Gasteiger charge is 2.25. The van der Waals surface area contributed by atoms with Crippen LogP contribution in [0.2, 0.25) is 0 Å². The molecule has 1 fully saturated rings. The predicted molar refractivity (Wildman–Crippen MR) is 96.9 cm³/mol. The first-order valence-corrected chi connectivity index (χ1v) is 9.22. The molecular weight excluding hydrogens is 336 g/mol. The highest BCUT2D eigenvalue weighted by molar-refractivity contribution is 7.20. The summed E-state index contributed by atoms with van der Waals surface area (Å²) in [5.74, 6) is -0.111. The van der Waals surface area contributed by atoms with Crippen molar-refractivity contribution >= 4 is 27.5 Å². The Labute approximate surface area is 148 Å². The lowest BCUT2D eigenvalue weighted by Crippen LogP contribution is -2.39. The first-order valence-electron chi connectivity index (χ1n) is 8.41. The number of amides is 1. The van der Waals surface area contributed by atoms with Crippen molar-refractivity contribution in [1.29, 1.82) is 0 Å². The number of hydrogen-bond donors (Lipinski definition) is 1. The summed E-state index contributed by atoms with van der Waals surface area (Å²) < 4.78 is 2.58. The maximum atomic E-state index is 12.5. The number of thiazole rings is 1. The zero-order valence-electron chi connectivity index (χ0n) is 13.6. The monoisotopic (exact) mass is 354 g/mol. The first-order chi connectivity index (χ1) is 12.2. The molecule has 0 aliphatic heterocycles. The molecule has 0 saturated heterocycles. The fraction of sp³-hybridized carbons (Fsp3) is 0.333. The van der Waals surface area contributed by atoms with Crippen molar-refractivity contribution in [3.05, 3.63) is 58.0 Å². The molecule has 6 nitrogen and oxygen atoms in total. The van der Waals surface area contributed by atoms with E-state index in [2.05, 4.69) is 15.4 Å². The van der Waals surface area contributed by atoms with Crippen molar-refractivity contribution in [2.75, 3.05) is 0 Å². The van der Waals surface area contributed by atoms with Crippen LogP contribution >= 0.6 is 11.3 Å². The molecule has 128 valence electrons. The van der Waals surface area contributed by atoms with Crippen molar-refractivity contribution in [3.63, 3.8) is 0 Å². The van der Waals surface area contributed by atoms with Gasteiger partial charge in [0.25, 0.3) is 11.5 Å². The fourth-order valence-corrected chi connectivity index (χ4v) is 4.19. The molecule has 0 atom stereocenters. The van der Waals surface area contributed by atoms with Crippen molar-refractivity contribution in [2.24, 2.45) is 0 Å². The molecule has 1 amide bonds. The van der Waals surface area contributed by atoms with Crippen LogP contribution in [0.4, 0.5) is 0 Å². The highest BCUT2D eigenvalue weighted by Crippen LogP contribution is 2.27. The van der Waals surface area contributed by atoms with Crippen LogP contribution in [0.25, 0.3) is 10.2 Å². The van der Waals surface area contributed by atoms with E-state index >= 15 is 0 Å². The molecule has 0 spiro atoms. The summed E-state index contributed by atoms with van der Waals surface area (Å²) in [5.41, 5.74) is 0.792. The van der Waals surface area contributed by atoms with Gasteiger partial charge in [-0.15, -0.1) is 11.3 Å². The van der Waals surface area contributed by atoms with Gasteiger partial charge in [0.05, 0.1) is 16.3 Å². The van der Waals surface area contributed by atoms with Gasteiger partial charge in [-0.1, -0.05) is 12.1 Å². The van der Waals surface area contributed by atoms with Gasteiger partial charge in [0.15, 0.2) is 5.01 Å². The Bertz CT molecular complexity index is 924. The van der Waals surface area contributed by atoms with E-state index in [0.717, 1.165) is 35.9 Å². The average Bonchev–Trinajstić information content (AvgIpc) is 3.07. The molecule has 2 aromatic heterocycles. The minimum atomic E-state index is -0.111. The van der Waals surface area contributed by atoms with E-state index in [1.807, 2.05) is 24.3 Å². The molecule has 3 aromatic rings. The van der Waals surface area contributed by atoms with Crippen LogP contribution < -0.4 is 10.9 Å². The summed E-state index contributed by atoms with van der Waals surface area (Å²) in [6, 6.07) is 11.2. The fourth-order valence-electron chi connectivity index (χ4n) is 3.32. The van der Waals surface area contributed by atoms with Gasteiger partial charge >= 0.3 is 0 Å². The third-order valence-electron chi connectivity index (χ3n) is 4.61. The van der Waals surface area contributed by atoms with Gasteiger partial charge < -0.3 is 5.32 Å². The number of fused-ring (bicyclic) bond motifs is 1. The molecule has 0 bridgehead atoms. The lowest BCUT2D eigenvalue weighted by Gasteiger charge is -2.29. The maximum absolute atomic E-state index is 12.5. The number of carbonyl (C=O) groups is 1. The van der Waals surface area contributed by atoms with E-state index in [-0.39, 0.29) is 23.6 Å². The molecule has 0 radical (unpaired) electrons. The highest BCUT2D eigenvalue weighted by atomic mass is 32.1. The molecule has 4 rings (SSSR count). The Balaban J connectivity index is 1.39. The van der Waals surface area contributed by atoms with Crippen molar-refractivity contribution in [2.45, 2.75) is 37.8 Å². The number of para-hydroxylation sites is 1. The zero-order chi connectivity index (χ0) is 17.2. The number of rotatable bonds is 3. The van der Waals surface area contributed by atoms with Gasteiger partial charge in [-0.25, -0.2) is 9.67 Å².